The van der Waals surface area contributed by atoms with E-state index in [2.05, 4.69) is 0 Å². The maximum Gasteiger partial charge on any atom is 0.263 e. The van der Waals surface area contributed by atoms with Gasteiger partial charge < -0.3 is 4.90 Å². The second-order valence-corrected chi connectivity index (χ2v) is 9.74. The number of aryl methyl sites for hydroxylation is 3. The predicted molar refractivity (Wildman–Crippen MR) is 122 cm³/mol. The Morgan fingerprint density at radius 2 is 1.93 bits per heavy atom. The lowest BCUT2D eigenvalue weighted by atomic mass is 10.1. The van der Waals surface area contributed by atoms with Crippen LogP contribution in [-0.2, 0) is 11.3 Å². The van der Waals surface area contributed by atoms with Gasteiger partial charge in [0.1, 0.15) is 4.83 Å². The summed E-state index contributed by atoms with van der Waals surface area (Å²) >= 11 is 2.88. The van der Waals surface area contributed by atoms with E-state index in [9.17, 15) is 9.59 Å². The average molecular weight is 430 g/mol. The molecule has 29 heavy (non-hydrogen) atoms. The molecule has 3 aromatic rings. The number of rotatable bonds is 6. The Morgan fingerprint density at radius 1 is 1.24 bits per heavy atom. The Labute approximate surface area is 179 Å². The Bertz CT molecular complexity index is 1120. The van der Waals surface area contributed by atoms with Crippen molar-refractivity contribution >= 4 is 39.2 Å². The molecule has 5 nitrogen and oxygen atoms in total. The third-order valence-electron chi connectivity index (χ3n) is 5.14. The highest BCUT2D eigenvalue weighted by Crippen LogP contribution is 2.29. The van der Waals surface area contributed by atoms with Crippen LogP contribution < -0.4 is 5.56 Å². The molecule has 2 aromatic heterocycles. The molecule has 7 heteroatoms. The minimum atomic E-state index is -0.0266. The molecule has 0 unspecified atom stereocenters. The van der Waals surface area contributed by atoms with E-state index in [-0.39, 0.29) is 23.3 Å². The normalized spacial score (nSPS) is 11.4. The lowest BCUT2D eigenvalue weighted by molar-refractivity contribution is -0.127. The molecule has 0 radical (unpaired) electrons. The summed E-state index contributed by atoms with van der Waals surface area (Å²) in [6.45, 7) is 10.5. The zero-order chi connectivity index (χ0) is 21.3. The molecule has 0 bridgehead atoms. The second kappa shape index (κ2) is 8.71. The molecule has 0 spiro atoms. The maximum atomic E-state index is 13.1. The highest BCUT2D eigenvalue weighted by Gasteiger charge is 2.20. The quantitative estimate of drug-likeness (QED) is 0.420. The third kappa shape index (κ3) is 4.41. The topological polar surface area (TPSA) is 55.2 Å². The number of carbonyl (C=O) groups excluding carboxylic acids is 1. The summed E-state index contributed by atoms with van der Waals surface area (Å²) in [5, 5.41) is 1.31. The van der Waals surface area contributed by atoms with Gasteiger partial charge in [0.05, 0.1) is 11.1 Å². The zero-order valence-electron chi connectivity index (χ0n) is 17.8. The number of amides is 1. The highest BCUT2D eigenvalue weighted by atomic mass is 32.2. The van der Waals surface area contributed by atoms with Gasteiger partial charge in [0.2, 0.25) is 5.91 Å². The molecule has 0 aliphatic carbocycles. The van der Waals surface area contributed by atoms with Crippen molar-refractivity contribution in [2.75, 3.05) is 12.8 Å². The Balaban J connectivity index is 1.82. The van der Waals surface area contributed by atoms with Crippen molar-refractivity contribution in [1.82, 2.24) is 14.5 Å². The van der Waals surface area contributed by atoms with Gasteiger partial charge in [-0.05, 0) is 51.3 Å². The molecule has 0 saturated heterocycles. The van der Waals surface area contributed by atoms with E-state index in [4.69, 9.17) is 4.98 Å². The minimum Gasteiger partial charge on any atom is -0.341 e. The molecule has 0 fully saturated rings. The summed E-state index contributed by atoms with van der Waals surface area (Å²) in [7, 11) is 1.81. The number of benzene rings is 1. The van der Waals surface area contributed by atoms with Gasteiger partial charge in [0.15, 0.2) is 5.16 Å². The van der Waals surface area contributed by atoms with E-state index in [1.165, 1.54) is 28.7 Å². The first-order valence-corrected chi connectivity index (χ1v) is 11.4. The van der Waals surface area contributed by atoms with Crippen LogP contribution in [0.4, 0.5) is 0 Å². The molecule has 0 aliphatic heterocycles. The van der Waals surface area contributed by atoms with Crippen molar-refractivity contribution < 1.29 is 4.79 Å². The summed E-state index contributed by atoms with van der Waals surface area (Å²) < 4.78 is 1.71. The standard InChI is InChI=1S/C22H27N3O2S2/c1-13(2)25-21(27)19-15(4)16(5)29-20(19)23-22(25)28-12-18(26)24(6)11-17-10-8-7-9-14(17)3/h7-10,13H,11-12H2,1-6H3. The van der Waals surface area contributed by atoms with Gasteiger partial charge in [-0.1, -0.05) is 36.0 Å². The smallest absolute Gasteiger partial charge is 0.263 e. The fraction of sp³-hybridized carbons (Fsp3) is 0.409. The molecule has 1 aromatic carbocycles. The SMILES string of the molecule is Cc1ccccc1CN(C)C(=O)CSc1nc2sc(C)c(C)c2c(=O)n1C(C)C. The van der Waals surface area contributed by atoms with Gasteiger partial charge in [-0.2, -0.15) is 0 Å². The van der Waals surface area contributed by atoms with Crippen molar-refractivity contribution in [3.63, 3.8) is 0 Å². The van der Waals surface area contributed by atoms with Crippen LogP contribution in [0.5, 0.6) is 0 Å². The van der Waals surface area contributed by atoms with Crippen LogP contribution >= 0.6 is 23.1 Å². The molecular weight excluding hydrogens is 402 g/mol. The van der Waals surface area contributed by atoms with Gasteiger partial charge in [0, 0.05) is 24.5 Å². The minimum absolute atomic E-state index is 0.0152. The molecule has 0 N–H and O–H groups in total. The molecule has 154 valence electrons. The Hall–Kier alpha value is -2.12. The van der Waals surface area contributed by atoms with Crippen LogP contribution in [0, 0.1) is 20.8 Å². The first kappa shape index (κ1) is 21.6. The predicted octanol–water partition coefficient (Wildman–Crippen LogP) is 4.71. The number of carbonyl (C=O) groups is 1. The van der Waals surface area contributed by atoms with Gasteiger partial charge in [0.25, 0.3) is 5.56 Å². The number of nitrogens with zero attached hydrogens (tertiary/aromatic N) is 3. The lowest BCUT2D eigenvalue weighted by Crippen LogP contribution is -2.29. The van der Waals surface area contributed by atoms with E-state index in [0.717, 1.165) is 20.8 Å². The van der Waals surface area contributed by atoms with E-state index < -0.39 is 0 Å². The number of fused-ring (bicyclic) bond motifs is 1. The average Bonchev–Trinajstić information content (AvgIpc) is 2.95. The van der Waals surface area contributed by atoms with Gasteiger partial charge >= 0.3 is 0 Å². The van der Waals surface area contributed by atoms with E-state index in [0.29, 0.717) is 17.1 Å². The van der Waals surface area contributed by atoms with Gasteiger partial charge in [-0.15, -0.1) is 11.3 Å². The van der Waals surface area contributed by atoms with Crippen molar-refractivity contribution in [1.29, 1.82) is 0 Å². The van der Waals surface area contributed by atoms with E-state index in [1.54, 1.807) is 9.47 Å². The van der Waals surface area contributed by atoms with Crippen LogP contribution in [0.2, 0.25) is 0 Å². The second-order valence-electron chi connectivity index (χ2n) is 7.59. The van der Waals surface area contributed by atoms with Gasteiger partial charge in [-0.3, -0.25) is 14.2 Å². The number of hydrogen-bond acceptors (Lipinski definition) is 5. The third-order valence-corrected chi connectivity index (χ3v) is 7.18. The van der Waals surface area contributed by atoms with Gasteiger partial charge in [-0.25, -0.2) is 4.98 Å². The lowest BCUT2D eigenvalue weighted by Gasteiger charge is -2.19. The fourth-order valence-corrected chi connectivity index (χ4v) is 5.35. The maximum absolute atomic E-state index is 13.1. The zero-order valence-corrected chi connectivity index (χ0v) is 19.4. The van der Waals surface area contributed by atoms with Crippen molar-refractivity contribution in [3.05, 3.63) is 56.2 Å². The molecule has 0 saturated carbocycles. The van der Waals surface area contributed by atoms with Crippen LogP contribution in [0.15, 0.2) is 34.2 Å². The summed E-state index contributed by atoms with van der Waals surface area (Å²) in [6, 6.07) is 8.05. The number of aromatic nitrogens is 2. The summed E-state index contributed by atoms with van der Waals surface area (Å²) in [5.41, 5.74) is 3.29. The van der Waals surface area contributed by atoms with Crippen LogP contribution in [0.25, 0.3) is 10.2 Å². The molecule has 0 atom stereocenters. The highest BCUT2D eigenvalue weighted by molar-refractivity contribution is 7.99. The molecule has 3 rings (SSSR count). The number of thiophene rings is 1. The molecule has 1 amide bonds. The van der Waals surface area contributed by atoms with Crippen LogP contribution in [0.3, 0.4) is 0 Å². The monoisotopic (exact) mass is 429 g/mol. The van der Waals surface area contributed by atoms with Crippen molar-refractivity contribution in [2.45, 2.75) is 52.4 Å². The number of hydrogen-bond donors (Lipinski definition) is 0. The largest absolute Gasteiger partial charge is 0.341 e. The Morgan fingerprint density at radius 3 is 2.59 bits per heavy atom. The van der Waals surface area contributed by atoms with Crippen LogP contribution in [0.1, 0.15) is 41.5 Å². The van der Waals surface area contributed by atoms with Crippen molar-refractivity contribution in [2.24, 2.45) is 0 Å². The summed E-state index contributed by atoms with van der Waals surface area (Å²) in [6.07, 6.45) is 0. The molecule has 2 heterocycles. The summed E-state index contributed by atoms with van der Waals surface area (Å²) in [5.74, 6) is 0.262. The summed E-state index contributed by atoms with van der Waals surface area (Å²) in [4.78, 5) is 34.1. The first-order chi connectivity index (χ1) is 13.7. The van der Waals surface area contributed by atoms with Crippen molar-refractivity contribution in [3.8, 4) is 0 Å². The Kier molecular flexibility index (Phi) is 6.49. The molecular formula is C22H27N3O2S2. The van der Waals surface area contributed by atoms with Crippen LogP contribution in [-0.4, -0.2) is 33.2 Å². The van der Waals surface area contributed by atoms with E-state index in [1.807, 2.05) is 65.9 Å². The first-order valence-electron chi connectivity index (χ1n) is 9.64. The number of thioether (sulfide) groups is 1. The fourth-order valence-electron chi connectivity index (χ4n) is 3.21. The molecule has 0 aliphatic rings. The van der Waals surface area contributed by atoms with E-state index >= 15 is 0 Å².